The number of nitrogens with zero attached hydrogens (tertiary/aromatic N) is 4. The van der Waals surface area contributed by atoms with Gasteiger partial charge in [0.05, 0.1) is 19.8 Å². The lowest BCUT2D eigenvalue weighted by molar-refractivity contribution is 0.102. The SMILES string of the molecule is COc1ccc(-c2nnc3sc(NC(=O)c4ccccc4F)nn23)cc1OC. The Morgan fingerprint density at radius 1 is 1.11 bits per heavy atom. The fraction of sp³-hybridized carbons (Fsp3) is 0.111. The fourth-order valence-electron chi connectivity index (χ4n) is 2.63. The molecule has 0 atom stereocenters. The highest BCUT2D eigenvalue weighted by atomic mass is 32.1. The van der Waals surface area contributed by atoms with E-state index in [0.29, 0.717) is 27.8 Å². The van der Waals surface area contributed by atoms with Crippen molar-refractivity contribution in [2.75, 3.05) is 19.5 Å². The summed E-state index contributed by atoms with van der Waals surface area (Å²) < 4.78 is 25.8. The number of carbonyl (C=O) groups excluding carboxylic acids is 1. The Morgan fingerprint density at radius 2 is 1.89 bits per heavy atom. The van der Waals surface area contributed by atoms with Crippen LogP contribution in [-0.4, -0.2) is 39.9 Å². The van der Waals surface area contributed by atoms with Crippen LogP contribution < -0.4 is 14.8 Å². The minimum Gasteiger partial charge on any atom is -0.493 e. The monoisotopic (exact) mass is 399 g/mol. The number of amides is 1. The number of methoxy groups -OCH3 is 2. The van der Waals surface area contributed by atoms with Gasteiger partial charge in [-0.25, -0.2) is 4.39 Å². The molecule has 0 bridgehead atoms. The van der Waals surface area contributed by atoms with Crippen LogP contribution in [0.3, 0.4) is 0 Å². The maximum atomic E-state index is 13.8. The minimum absolute atomic E-state index is 0.0615. The van der Waals surface area contributed by atoms with Gasteiger partial charge < -0.3 is 9.47 Å². The largest absolute Gasteiger partial charge is 0.493 e. The second-order valence-corrected chi connectivity index (χ2v) is 6.58. The highest BCUT2D eigenvalue weighted by Crippen LogP contribution is 2.32. The van der Waals surface area contributed by atoms with E-state index in [1.54, 1.807) is 38.5 Å². The first-order valence-corrected chi connectivity index (χ1v) is 8.93. The van der Waals surface area contributed by atoms with Gasteiger partial charge in [-0.05, 0) is 30.3 Å². The van der Waals surface area contributed by atoms with Crippen molar-refractivity contribution in [2.24, 2.45) is 0 Å². The van der Waals surface area contributed by atoms with E-state index in [2.05, 4.69) is 20.6 Å². The first kappa shape index (κ1) is 17.9. The predicted octanol–water partition coefficient (Wildman–Crippen LogP) is 3.26. The van der Waals surface area contributed by atoms with E-state index in [4.69, 9.17) is 9.47 Å². The van der Waals surface area contributed by atoms with Crippen molar-refractivity contribution in [3.63, 3.8) is 0 Å². The second kappa shape index (κ2) is 7.24. The molecule has 4 aromatic rings. The lowest BCUT2D eigenvalue weighted by Crippen LogP contribution is -2.13. The second-order valence-electron chi connectivity index (χ2n) is 5.63. The summed E-state index contributed by atoms with van der Waals surface area (Å²) in [4.78, 5) is 12.8. The molecule has 0 aliphatic carbocycles. The lowest BCUT2D eigenvalue weighted by atomic mass is 10.2. The number of halogens is 1. The molecule has 0 unspecified atom stereocenters. The Kier molecular flexibility index (Phi) is 4.62. The van der Waals surface area contributed by atoms with E-state index < -0.39 is 11.7 Å². The van der Waals surface area contributed by atoms with E-state index in [1.165, 1.54) is 22.7 Å². The van der Waals surface area contributed by atoms with Gasteiger partial charge in [-0.1, -0.05) is 23.5 Å². The van der Waals surface area contributed by atoms with Crippen LogP contribution in [0.15, 0.2) is 42.5 Å². The summed E-state index contributed by atoms with van der Waals surface area (Å²) in [6.45, 7) is 0. The van der Waals surface area contributed by atoms with Crippen molar-refractivity contribution in [2.45, 2.75) is 0 Å². The van der Waals surface area contributed by atoms with E-state index in [-0.39, 0.29) is 10.7 Å². The van der Waals surface area contributed by atoms with Crippen molar-refractivity contribution in [1.29, 1.82) is 0 Å². The molecule has 8 nitrogen and oxygen atoms in total. The van der Waals surface area contributed by atoms with E-state index in [1.807, 2.05) is 0 Å². The van der Waals surface area contributed by atoms with Crippen LogP contribution in [0.25, 0.3) is 16.3 Å². The van der Waals surface area contributed by atoms with Gasteiger partial charge in [0.25, 0.3) is 5.91 Å². The first-order valence-electron chi connectivity index (χ1n) is 8.11. The van der Waals surface area contributed by atoms with Gasteiger partial charge in [0, 0.05) is 5.56 Å². The molecule has 0 fully saturated rings. The number of aromatic nitrogens is 4. The molecule has 2 heterocycles. The summed E-state index contributed by atoms with van der Waals surface area (Å²) in [6.07, 6.45) is 0. The van der Waals surface area contributed by atoms with Crippen molar-refractivity contribution in [1.82, 2.24) is 19.8 Å². The van der Waals surface area contributed by atoms with Crippen LogP contribution in [0.2, 0.25) is 0 Å². The normalized spacial score (nSPS) is 10.8. The number of nitrogens with one attached hydrogen (secondary N) is 1. The molecular formula is C18H14FN5O3S. The number of hydrogen-bond acceptors (Lipinski definition) is 7. The number of anilines is 1. The molecule has 142 valence electrons. The summed E-state index contributed by atoms with van der Waals surface area (Å²) >= 11 is 1.13. The number of rotatable bonds is 5. The zero-order chi connectivity index (χ0) is 19.7. The molecule has 10 heteroatoms. The van der Waals surface area contributed by atoms with E-state index in [9.17, 15) is 9.18 Å². The van der Waals surface area contributed by atoms with Crippen molar-refractivity contribution in [3.05, 3.63) is 53.8 Å². The zero-order valence-electron chi connectivity index (χ0n) is 14.8. The number of fused-ring (bicyclic) bond motifs is 1. The number of carbonyl (C=O) groups is 1. The molecule has 0 saturated heterocycles. The molecule has 1 N–H and O–H groups in total. The van der Waals surface area contributed by atoms with Gasteiger partial charge in [0.15, 0.2) is 17.3 Å². The molecule has 0 radical (unpaired) electrons. The van der Waals surface area contributed by atoms with Crippen LogP contribution in [0, 0.1) is 5.82 Å². The topological polar surface area (TPSA) is 90.6 Å². The molecule has 4 rings (SSSR count). The number of benzene rings is 2. The predicted molar refractivity (Wildman–Crippen MR) is 102 cm³/mol. The van der Waals surface area contributed by atoms with Crippen LogP contribution in [-0.2, 0) is 0 Å². The summed E-state index contributed by atoms with van der Waals surface area (Å²) in [5, 5.41) is 15.4. The van der Waals surface area contributed by atoms with Gasteiger partial charge >= 0.3 is 0 Å². The van der Waals surface area contributed by atoms with Crippen LogP contribution >= 0.6 is 11.3 Å². The molecule has 2 aromatic heterocycles. The van der Waals surface area contributed by atoms with Crippen molar-refractivity contribution >= 4 is 27.3 Å². The molecule has 28 heavy (non-hydrogen) atoms. The van der Waals surface area contributed by atoms with Crippen molar-refractivity contribution < 1.29 is 18.7 Å². The van der Waals surface area contributed by atoms with Gasteiger partial charge in [-0.15, -0.1) is 15.3 Å². The Morgan fingerprint density at radius 3 is 2.64 bits per heavy atom. The van der Waals surface area contributed by atoms with Crippen LogP contribution in [0.1, 0.15) is 10.4 Å². The van der Waals surface area contributed by atoms with Gasteiger partial charge in [0.2, 0.25) is 10.1 Å². The van der Waals surface area contributed by atoms with E-state index in [0.717, 1.165) is 11.3 Å². The summed E-state index contributed by atoms with van der Waals surface area (Å²) in [5.41, 5.74) is 0.649. The third kappa shape index (κ3) is 3.14. The zero-order valence-corrected chi connectivity index (χ0v) is 15.7. The third-order valence-corrected chi connectivity index (χ3v) is 4.79. The maximum absolute atomic E-state index is 13.8. The molecular weight excluding hydrogens is 385 g/mol. The summed E-state index contributed by atoms with van der Waals surface area (Å²) in [7, 11) is 3.10. The van der Waals surface area contributed by atoms with Gasteiger partial charge in [-0.3, -0.25) is 10.1 Å². The third-order valence-electron chi connectivity index (χ3n) is 3.97. The molecule has 2 aromatic carbocycles. The quantitative estimate of drug-likeness (QED) is 0.554. The lowest BCUT2D eigenvalue weighted by Gasteiger charge is -2.08. The maximum Gasteiger partial charge on any atom is 0.260 e. The number of ether oxygens (including phenoxy) is 2. The summed E-state index contributed by atoms with van der Waals surface area (Å²) in [5.74, 6) is 0.409. The fourth-order valence-corrected chi connectivity index (χ4v) is 3.37. The standard InChI is InChI=1S/C18H14FN5O3S/c1-26-13-8-7-10(9-14(13)27-2)15-21-22-18-24(15)23-17(28-18)20-16(25)11-5-3-4-6-12(11)19/h3-9H,1-2H3,(H,20,23,25). The van der Waals surface area contributed by atoms with Crippen molar-refractivity contribution in [3.8, 4) is 22.9 Å². The first-order chi connectivity index (χ1) is 13.6. The highest BCUT2D eigenvalue weighted by molar-refractivity contribution is 7.20. The van der Waals surface area contributed by atoms with E-state index >= 15 is 0 Å². The highest BCUT2D eigenvalue weighted by Gasteiger charge is 2.18. The molecule has 1 amide bonds. The van der Waals surface area contributed by atoms with Gasteiger partial charge in [0.1, 0.15) is 5.82 Å². The molecule has 0 aliphatic rings. The Balaban J connectivity index is 1.66. The molecule has 0 aliphatic heterocycles. The van der Waals surface area contributed by atoms with Gasteiger partial charge in [-0.2, -0.15) is 4.52 Å². The average Bonchev–Trinajstić information content (AvgIpc) is 3.27. The summed E-state index contributed by atoms with van der Waals surface area (Å²) in [6, 6.07) is 11.0. The Hall–Kier alpha value is -3.53. The number of hydrogen-bond donors (Lipinski definition) is 1. The molecule has 0 saturated carbocycles. The Bertz CT molecular complexity index is 1170. The molecule has 0 spiro atoms. The van der Waals surface area contributed by atoms with Crippen LogP contribution in [0.4, 0.5) is 9.52 Å². The average molecular weight is 399 g/mol. The Labute approximate surface area is 162 Å². The minimum atomic E-state index is -0.603. The smallest absolute Gasteiger partial charge is 0.260 e. The van der Waals surface area contributed by atoms with Crippen LogP contribution in [0.5, 0.6) is 11.5 Å².